The third kappa shape index (κ3) is 5.61. The van der Waals surface area contributed by atoms with E-state index in [1.165, 1.54) is 0 Å². The molecule has 90 valence electrons. The van der Waals surface area contributed by atoms with Gasteiger partial charge in [-0.1, -0.05) is 13.8 Å². The predicted molar refractivity (Wildman–Crippen MR) is 49.2 cm³/mol. The van der Waals surface area contributed by atoms with E-state index in [9.17, 15) is 18.0 Å². The minimum atomic E-state index is -4.50. The maximum absolute atomic E-state index is 12.4. The topological polar surface area (TPSA) is 63.3 Å². The van der Waals surface area contributed by atoms with Gasteiger partial charge in [-0.2, -0.15) is 13.2 Å². The molecule has 0 amide bonds. The van der Waals surface area contributed by atoms with Gasteiger partial charge in [0, 0.05) is 6.04 Å². The van der Waals surface area contributed by atoms with Crippen LogP contribution in [0, 0.1) is 11.8 Å². The van der Waals surface area contributed by atoms with Crippen molar-refractivity contribution in [2.75, 3.05) is 0 Å². The lowest BCUT2D eigenvalue weighted by Crippen LogP contribution is -2.35. The summed E-state index contributed by atoms with van der Waals surface area (Å²) in [5.74, 6) is -3.40. The van der Waals surface area contributed by atoms with Crippen molar-refractivity contribution in [3.05, 3.63) is 0 Å². The SMILES string of the molecule is CC(C)[C@@H](N)C[C@H](CC(=O)O)C(F)(F)F. The van der Waals surface area contributed by atoms with Crippen molar-refractivity contribution in [3.63, 3.8) is 0 Å². The Hall–Kier alpha value is -0.780. The number of nitrogens with two attached hydrogens (primary N) is 1. The summed E-state index contributed by atoms with van der Waals surface area (Å²) in [6, 6.07) is -0.629. The molecule has 0 rings (SSSR count). The summed E-state index contributed by atoms with van der Waals surface area (Å²) in [6.45, 7) is 3.41. The fourth-order valence-electron chi connectivity index (χ4n) is 1.14. The van der Waals surface area contributed by atoms with E-state index in [2.05, 4.69) is 0 Å². The van der Waals surface area contributed by atoms with E-state index >= 15 is 0 Å². The van der Waals surface area contributed by atoms with Crippen molar-refractivity contribution in [2.24, 2.45) is 17.6 Å². The third-order valence-electron chi connectivity index (χ3n) is 2.30. The van der Waals surface area contributed by atoms with Crippen molar-refractivity contribution >= 4 is 5.97 Å². The summed E-state index contributed by atoms with van der Waals surface area (Å²) in [5.41, 5.74) is 5.50. The fourth-order valence-corrected chi connectivity index (χ4v) is 1.14. The highest BCUT2D eigenvalue weighted by atomic mass is 19.4. The van der Waals surface area contributed by atoms with Crippen LogP contribution in [0.3, 0.4) is 0 Å². The first-order valence-electron chi connectivity index (χ1n) is 4.68. The molecule has 3 nitrogen and oxygen atoms in total. The van der Waals surface area contributed by atoms with Crippen LogP contribution >= 0.6 is 0 Å². The van der Waals surface area contributed by atoms with Gasteiger partial charge in [-0.05, 0) is 12.3 Å². The van der Waals surface area contributed by atoms with Gasteiger partial charge >= 0.3 is 12.1 Å². The smallest absolute Gasteiger partial charge is 0.392 e. The molecule has 15 heavy (non-hydrogen) atoms. The second kappa shape index (κ2) is 5.34. The van der Waals surface area contributed by atoms with Gasteiger partial charge in [0.1, 0.15) is 0 Å². The van der Waals surface area contributed by atoms with Crippen LogP contribution in [0.1, 0.15) is 26.7 Å². The Labute approximate surface area is 86.5 Å². The zero-order valence-electron chi connectivity index (χ0n) is 8.71. The summed E-state index contributed by atoms with van der Waals surface area (Å²) in [7, 11) is 0. The highest BCUT2D eigenvalue weighted by Crippen LogP contribution is 2.33. The van der Waals surface area contributed by atoms with Crippen molar-refractivity contribution in [3.8, 4) is 0 Å². The second-order valence-electron chi connectivity index (χ2n) is 3.98. The molecule has 0 bridgehead atoms. The summed E-state index contributed by atoms with van der Waals surface area (Å²) in [4.78, 5) is 10.3. The lowest BCUT2D eigenvalue weighted by molar-refractivity contribution is -0.185. The Morgan fingerprint density at radius 1 is 1.40 bits per heavy atom. The predicted octanol–water partition coefficient (Wildman–Crippen LogP) is 2.01. The summed E-state index contributed by atoms with van der Waals surface area (Å²) in [5, 5.41) is 8.36. The number of carbonyl (C=O) groups is 1. The number of hydrogen-bond donors (Lipinski definition) is 2. The van der Waals surface area contributed by atoms with Crippen LogP contribution in [0.15, 0.2) is 0 Å². The van der Waals surface area contributed by atoms with Crippen molar-refractivity contribution in [1.29, 1.82) is 0 Å². The number of aliphatic carboxylic acids is 1. The molecular weight excluding hydrogens is 211 g/mol. The number of hydrogen-bond acceptors (Lipinski definition) is 2. The highest BCUT2D eigenvalue weighted by Gasteiger charge is 2.41. The lowest BCUT2D eigenvalue weighted by Gasteiger charge is -2.24. The van der Waals surface area contributed by atoms with Crippen LogP contribution in [0.4, 0.5) is 13.2 Å². The first kappa shape index (κ1) is 14.2. The van der Waals surface area contributed by atoms with Gasteiger partial charge in [-0.15, -0.1) is 0 Å². The van der Waals surface area contributed by atoms with E-state index in [1.807, 2.05) is 0 Å². The second-order valence-corrected chi connectivity index (χ2v) is 3.98. The number of halogens is 3. The first-order valence-corrected chi connectivity index (χ1v) is 4.68. The zero-order valence-corrected chi connectivity index (χ0v) is 8.71. The quantitative estimate of drug-likeness (QED) is 0.755. The van der Waals surface area contributed by atoms with Gasteiger partial charge < -0.3 is 10.8 Å². The molecule has 0 saturated heterocycles. The highest BCUT2D eigenvalue weighted by molar-refractivity contribution is 5.67. The van der Waals surface area contributed by atoms with Gasteiger partial charge in [0.05, 0.1) is 12.3 Å². The summed E-state index contributed by atoms with van der Waals surface area (Å²) in [6.07, 6.45) is -5.75. The Kier molecular flexibility index (Phi) is 5.07. The molecule has 0 heterocycles. The van der Waals surface area contributed by atoms with Crippen LogP contribution in [-0.4, -0.2) is 23.3 Å². The number of rotatable bonds is 5. The summed E-state index contributed by atoms with van der Waals surface area (Å²) < 4.78 is 37.2. The van der Waals surface area contributed by atoms with E-state index in [-0.39, 0.29) is 12.3 Å². The lowest BCUT2D eigenvalue weighted by atomic mass is 9.91. The van der Waals surface area contributed by atoms with Crippen LogP contribution in [-0.2, 0) is 4.79 Å². The molecule has 3 N–H and O–H groups in total. The molecule has 6 heteroatoms. The standard InChI is InChI=1S/C9H16F3NO2/c1-5(2)7(13)3-6(4-8(14)15)9(10,11)12/h5-7H,3-4,13H2,1-2H3,(H,14,15)/t6-,7+/m1/s1. The summed E-state index contributed by atoms with van der Waals surface area (Å²) >= 11 is 0. The Morgan fingerprint density at radius 2 is 1.87 bits per heavy atom. The molecule has 0 saturated carbocycles. The largest absolute Gasteiger partial charge is 0.481 e. The monoisotopic (exact) mass is 227 g/mol. The van der Waals surface area contributed by atoms with Gasteiger partial charge in [-0.25, -0.2) is 0 Å². The molecular formula is C9H16F3NO2. The third-order valence-corrected chi connectivity index (χ3v) is 2.30. The van der Waals surface area contributed by atoms with E-state index < -0.39 is 30.5 Å². The average Bonchev–Trinajstić information content (AvgIpc) is 2.00. The number of alkyl halides is 3. The van der Waals surface area contributed by atoms with Crippen molar-refractivity contribution < 1.29 is 23.1 Å². The first-order chi connectivity index (χ1) is 6.64. The molecule has 0 radical (unpaired) electrons. The van der Waals surface area contributed by atoms with Crippen LogP contribution in [0.2, 0.25) is 0 Å². The van der Waals surface area contributed by atoms with Crippen LogP contribution < -0.4 is 5.73 Å². The maximum Gasteiger partial charge on any atom is 0.392 e. The molecule has 0 aromatic carbocycles. The molecule has 0 aliphatic heterocycles. The average molecular weight is 227 g/mol. The van der Waals surface area contributed by atoms with Gasteiger partial charge in [0.25, 0.3) is 0 Å². The molecule has 2 atom stereocenters. The fraction of sp³-hybridized carbons (Fsp3) is 0.889. The van der Waals surface area contributed by atoms with Gasteiger partial charge in [-0.3, -0.25) is 4.79 Å². The minimum Gasteiger partial charge on any atom is -0.481 e. The van der Waals surface area contributed by atoms with Gasteiger partial charge in [0.2, 0.25) is 0 Å². The maximum atomic E-state index is 12.4. The van der Waals surface area contributed by atoms with Crippen molar-refractivity contribution in [2.45, 2.75) is 38.9 Å². The zero-order chi connectivity index (χ0) is 12.2. The van der Waals surface area contributed by atoms with E-state index in [0.29, 0.717) is 0 Å². The van der Waals surface area contributed by atoms with E-state index in [0.717, 1.165) is 0 Å². The van der Waals surface area contributed by atoms with Crippen LogP contribution in [0.5, 0.6) is 0 Å². The molecule has 0 aromatic heterocycles. The Morgan fingerprint density at radius 3 is 2.13 bits per heavy atom. The van der Waals surface area contributed by atoms with E-state index in [4.69, 9.17) is 10.8 Å². The van der Waals surface area contributed by atoms with E-state index in [1.54, 1.807) is 13.8 Å². The molecule has 0 unspecified atom stereocenters. The Balaban J connectivity index is 4.45. The molecule has 0 aliphatic rings. The van der Waals surface area contributed by atoms with Gasteiger partial charge in [0.15, 0.2) is 0 Å². The number of carboxylic acid groups (broad SMARTS) is 1. The molecule has 0 fully saturated rings. The van der Waals surface area contributed by atoms with Crippen LogP contribution in [0.25, 0.3) is 0 Å². The molecule has 0 aromatic rings. The molecule has 0 aliphatic carbocycles. The Bertz CT molecular complexity index is 216. The molecule has 0 spiro atoms. The van der Waals surface area contributed by atoms with Crippen molar-refractivity contribution in [1.82, 2.24) is 0 Å². The minimum absolute atomic E-state index is 0.0938. The normalized spacial score (nSPS) is 16.5. The number of carboxylic acids is 1.